The normalized spacial score (nSPS) is 20.7. The van der Waals surface area contributed by atoms with Crippen molar-refractivity contribution in [2.24, 2.45) is 11.8 Å². The van der Waals surface area contributed by atoms with Crippen LogP contribution in [-0.2, 0) is 11.3 Å². The van der Waals surface area contributed by atoms with Crippen LogP contribution in [0.4, 0.5) is 18.9 Å². The maximum absolute atomic E-state index is 13.0. The molecule has 2 heterocycles. The lowest BCUT2D eigenvalue weighted by Gasteiger charge is -2.18. The first kappa shape index (κ1) is 18.9. The van der Waals surface area contributed by atoms with E-state index in [0.29, 0.717) is 17.1 Å². The number of halogens is 3. The van der Waals surface area contributed by atoms with E-state index < -0.39 is 35.4 Å². The van der Waals surface area contributed by atoms with E-state index in [2.05, 4.69) is 0 Å². The van der Waals surface area contributed by atoms with Gasteiger partial charge in [-0.2, -0.15) is 13.2 Å². The summed E-state index contributed by atoms with van der Waals surface area (Å²) in [6.45, 7) is -0.634. The minimum Gasteiger partial charge on any atom is -0.481 e. The number of hydrogen-bond donors (Lipinski definition) is 1. The number of likely N-dealkylation sites (tertiary alicyclic amines) is 1. The molecule has 1 aliphatic rings. The molecule has 1 fully saturated rings. The van der Waals surface area contributed by atoms with Crippen LogP contribution in [0.15, 0.2) is 40.8 Å². The Kier molecular flexibility index (Phi) is 4.92. The first-order valence-electron chi connectivity index (χ1n) is 8.00. The fraction of sp³-hybridized carbons (Fsp3) is 0.353. The molecule has 1 aromatic carbocycles. The molecule has 1 aliphatic heterocycles. The van der Waals surface area contributed by atoms with Gasteiger partial charge in [0.15, 0.2) is 0 Å². The van der Waals surface area contributed by atoms with Crippen molar-refractivity contribution in [3.63, 3.8) is 0 Å². The first-order chi connectivity index (χ1) is 12.6. The second-order valence-corrected chi connectivity index (χ2v) is 6.36. The highest BCUT2D eigenvalue weighted by molar-refractivity contribution is 5.71. The van der Waals surface area contributed by atoms with Gasteiger partial charge < -0.3 is 9.52 Å². The zero-order valence-corrected chi connectivity index (χ0v) is 13.8. The molecule has 0 spiro atoms. The van der Waals surface area contributed by atoms with Crippen LogP contribution in [0.1, 0.15) is 5.76 Å². The van der Waals surface area contributed by atoms with Gasteiger partial charge in [-0.05, 0) is 12.1 Å². The Balaban J connectivity index is 1.74. The fourth-order valence-electron chi connectivity index (χ4n) is 3.21. The van der Waals surface area contributed by atoms with Crippen LogP contribution >= 0.6 is 0 Å². The summed E-state index contributed by atoms with van der Waals surface area (Å²) in [5, 5.41) is 19.9. The van der Waals surface area contributed by atoms with E-state index in [0.717, 1.165) is 0 Å². The van der Waals surface area contributed by atoms with Crippen molar-refractivity contribution < 1.29 is 32.4 Å². The van der Waals surface area contributed by atoms with Gasteiger partial charge in [0.25, 0.3) is 5.69 Å². The molecule has 27 heavy (non-hydrogen) atoms. The second-order valence-electron chi connectivity index (χ2n) is 6.36. The standard InChI is InChI=1S/C17H15F3N2O5/c18-17(19,20)14-9-21(8-13(14)16(23)24)7-12-4-5-15(27-12)10-2-1-3-11(6-10)22(25)26/h1-6,13-14H,7-9H2,(H,23,24)/t13-,14-/m1/s1. The number of benzene rings is 1. The number of non-ortho nitro benzene ring substituents is 1. The third-order valence-electron chi connectivity index (χ3n) is 4.52. The Morgan fingerprint density at radius 1 is 1.30 bits per heavy atom. The molecule has 1 saturated heterocycles. The smallest absolute Gasteiger partial charge is 0.393 e. The van der Waals surface area contributed by atoms with Crippen LogP contribution in [-0.4, -0.2) is 40.2 Å². The number of carbonyl (C=O) groups is 1. The highest BCUT2D eigenvalue weighted by atomic mass is 19.4. The predicted molar refractivity (Wildman–Crippen MR) is 86.7 cm³/mol. The number of aliphatic carboxylic acids is 1. The topological polar surface area (TPSA) is 96.8 Å². The van der Waals surface area contributed by atoms with Gasteiger partial charge >= 0.3 is 12.1 Å². The Morgan fingerprint density at radius 2 is 2.04 bits per heavy atom. The van der Waals surface area contributed by atoms with E-state index in [1.165, 1.54) is 23.1 Å². The molecule has 2 aromatic rings. The maximum atomic E-state index is 13.0. The van der Waals surface area contributed by atoms with E-state index in [9.17, 15) is 28.1 Å². The van der Waals surface area contributed by atoms with Crippen molar-refractivity contribution in [1.29, 1.82) is 0 Å². The quantitative estimate of drug-likeness (QED) is 0.626. The van der Waals surface area contributed by atoms with Gasteiger partial charge in [-0.25, -0.2) is 0 Å². The Bertz CT molecular complexity index is 864. The van der Waals surface area contributed by atoms with Crippen molar-refractivity contribution in [1.82, 2.24) is 4.90 Å². The first-order valence-corrected chi connectivity index (χ1v) is 8.00. The second kappa shape index (κ2) is 7.03. The van der Waals surface area contributed by atoms with Crippen LogP contribution in [0, 0.1) is 22.0 Å². The average Bonchev–Trinajstić information content (AvgIpc) is 3.22. The lowest BCUT2D eigenvalue weighted by atomic mass is 9.96. The minimum absolute atomic E-state index is 0.0191. The fourth-order valence-corrected chi connectivity index (χ4v) is 3.21. The molecule has 10 heteroatoms. The van der Waals surface area contributed by atoms with E-state index >= 15 is 0 Å². The molecule has 0 bridgehead atoms. The maximum Gasteiger partial charge on any atom is 0.393 e. The number of alkyl halides is 3. The van der Waals surface area contributed by atoms with Gasteiger partial charge in [0.05, 0.1) is 23.3 Å². The van der Waals surface area contributed by atoms with Gasteiger partial charge in [-0.1, -0.05) is 12.1 Å². The van der Waals surface area contributed by atoms with Gasteiger partial charge in [-0.3, -0.25) is 19.8 Å². The number of rotatable bonds is 5. The van der Waals surface area contributed by atoms with E-state index in [4.69, 9.17) is 9.52 Å². The third-order valence-corrected chi connectivity index (χ3v) is 4.52. The Labute approximate surface area is 151 Å². The molecule has 1 N–H and O–H groups in total. The molecule has 144 valence electrons. The zero-order chi connectivity index (χ0) is 19.8. The molecule has 3 rings (SSSR count). The van der Waals surface area contributed by atoms with Crippen LogP contribution in [0.3, 0.4) is 0 Å². The van der Waals surface area contributed by atoms with Crippen molar-refractivity contribution >= 4 is 11.7 Å². The lowest BCUT2D eigenvalue weighted by Crippen LogP contribution is -2.33. The van der Waals surface area contributed by atoms with Gasteiger partial charge in [-0.15, -0.1) is 0 Å². The molecule has 7 nitrogen and oxygen atoms in total. The summed E-state index contributed by atoms with van der Waals surface area (Å²) in [7, 11) is 0. The molecular formula is C17H15F3N2O5. The molecule has 0 amide bonds. The van der Waals surface area contributed by atoms with Crippen molar-refractivity contribution in [2.75, 3.05) is 13.1 Å². The SMILES string of the molecule is O=C(O)[C@@H]1CN(Cc2ccc(-c3cccc([N+](=O)[O-])c3)o2)C[C@H]1C(F)(F)F. The summed E-state index contributed by atoms with van der Waals surface area (Å²) in [5.74, 6) is -4.23. The average molecular weight is 384 g/mol. The molecule has 0 radical (unpaired) electrons. The number of nitrogens with zero attached hydrogens (tertiary/aromatic N) is 2. The summed E-state index contributed by atoms with van der Waals surface area (Å²) < 4.78 is 44.7. The van der Waals surface area contributed by atoms with Crippen molar-refractivity contribution in [3.8, 4) is 11.3 Å². The van der Waals surface area contributed by atoms with E-state index in [1.54, 1.807) is 18.2 Å². The number of nitro groups is 1. The summed E-state index contributed by atoms with van der Waals surface area (Å²) in [6.07, 6.45) is -4.59. The highest BCUT2D eigenvalue weighted by Crippen LogP contribution is 2.38. The molecular weight excluding hydrogens is 369 g/mol. The monoisotopic (exact) mass is 384 g/mol. The molecule has 0 saturated carbocycles. The number of carboxylic acid groups (broad SMARTS) is 1. The number of carboxylic acids is 1. The lowest BCUT2D eigenvalue weighted by molar-refractivity contribution is -0.384. The van der Waals surface area contributed by atoms with Crippen LogP contribution in [0.2, 0.25) is 0 Å². The van der Waals surface area contributed by atoms with E-state index in [1.807, 2.05) is 0 Å². The summed E-state index contributed by atoms with van der Waals surface area (Å²) in [6, 6.07) is 8.91. The molecule has 0 unspecified atom stereocenters. The van der Waals surface area contributed by atoms with Crippen molar-refractivity contribution in [3.05, 3.63) is 52.3 Å². The molecule has 2 atom stereocenters. The zero-order valence-electron chi connectivity index (χ0n) is 13.8. The number of hydrogen-bond acceptors (Lipinski definition) is 5. The summed E-state index contributed by atoms with van der Waals surface area (Å²) in [4.78, 5) is 22.8. The largest absolute Gasteiger partial charge is 0.481 e. The third kappa shape index (κ3) is 4.11. The van der Waals surface area contributed by atoms with Crippen LogP contribution in [0.25, 0.3) is 11.3 Å². The van der Waals surface area contributed by atoms with E-state index in [-0.39, 0.29) is 18.8 Å². The van der Waals surface area contributed by atoms with Crippen LogP contribution in [0.5, 0.6) is 0 Å². The summed E-state index contributed by atoms with van der Waals surface area (Å²) in [5.41, 5.74) is 0.357. The van der Waals surface area contributed by atoms with Gasteiger partial charge in [0.1, 0.15) is 11.5 Å². The highest BCUT2D eigenvalue weighted by Gasteiger charge is 2.52. The summed E-state index contributed by atoms with van der Waals surface area (Å²) >= 11 is 0. The predicted octanol–water partition coefficient (Wildman–Crippen LogP) is 3.55. The minimum atomic E-state index is -4.59. The Morgan fingerprint density at radius 3 is 2.63 bits per heavy atom. The number of nitro benzene ring substituents is 1. The molecule has 1 aromatic heterocycles. The Hall–Kier alpha value is -2.88. The molecule has 0 aliphatic carbocycles. The van der Waals surface area contributed by atoms with Gasteiger partial charge in [0, 0.05) is 30.8 Å². The van der Waals surface area contributed by atoms with Crippen LogP contribution < -0.4 is 0 Å². The number of furan rings is 1. The van der Waals surface area contributed by atoms with Crippen molar-refractivity contribution in [2.45, 2.75) is 12.7 Å². The van der Waals surface area contributed by atoms with Gasteiger partial charge in [0.2, 0.25) is 0 Å².